The van der Waals surface area contributed by atoms with Crippen LogP contribution >= 0.6 is 11.6 Å². The minimum absolute atomic E-state index is 0.219. The fraction of sp³-hybridized carbons (Fsp3) is 0.0526. The van der Waals surface area contributed by atoms with E-state index in [2.05, 4.69) is 5.32 Å². The Kier molecular flexibility index (Phi) is 4.64. The van der Waals surface area contributed by atoms with E-state index in [9.17, 15) is 4.79 Å². The first-order chi connectivity index (χ1) is 11.7. The maximum Gasteiger partial charge on any atom is 0.251 e. The fourth-order valence-corrected chi connectivity index (χ4v) is 2.33. The zero-order chi connectivity index (χ0) is 16.9. The Bertz CT molecular complexity index is 890. The van der Waals surface area contributed by atoms with Gasteiger partial charge < -0.3 is 9.73 Å². The zero-order valence-corrected chi connectivity index (χ0v) is 13.4. The molecule has 0 spiro atoms. The Hall–Kier alpha value is -3.03. The number of carbonyl (C=O) groups is 1. The highest BCUT2D eigenvalue weighted by molar-refractivity contribution is 6.30. The van der Waals surface area contributed by atoms with E-state index in [0.29, 0.717) is 27.7 Å². The smallest absolute Gasteiger partial charge is 0.251 e. The van der Waals surface area contributed by atoms with E-state index in [1.807, 2.05) is 30.3 Å². The van der Waals surface area contributed by atoms with Gasteiger partial charge >= 0.3 is 0 Å². The summed E-state index contributed by atoms with van der Waals surface area (Å²) in [5, 5.41) is 12.2. The third kappa shape index (κ3) is 3.65. The lowest BCUT2D eigenvalue weighted by Gasteiger charge is -2.03. The molecule has 0 aliphatic heterocycles. The molecule has 1 N–H and O–H groups in total. The Morgan fingerprint density at radius 2 is 1.75 bits per heavy atom. The molecule has 1 aromatic heterocycles. The molecule has 0 radical (unpaired) electrons. The van der Waals surface area contributed by atoms with Gasteiger partial charge in [-0.2, -0.15) is 5.26 Å². The van der Waals surface area contributed by atoms with E-state index in [1.165, 1.54) is 0 Å². The minimum Gasteiger partial charge on any atom is -0.459 e. The number of carbonyl (C=O) groups excluding carboxylic acids is 1. The van der Waals surface area contributed by atoms with Gasteiger partial charge in [0.1, 0.15) is 11.5 Å². The standard InChI is InChI=1S/C19H13ClN2O2/c20-16-7-5-14(6-8-16)18-10-9-17(24-18)12-22-19(23)15-3-1-13(11-21)2-4-15/h1-10H,12H2,(H,22,23). The van der Waals surface area contributed by atoms with Crippen molar-refractivity contribution < 1.29 is 9.21 Å². The number of hydrogen-bond donors (Lipinski definition) is 1. The molecule has 0 bridgehead atoms. The molecule has 0 fully saturated rings. The number of halogens is 1. The largest absolute Gasteiger partial charge is 0.459 e. The number of amides is 1. The highest BCUT2D eigenvalue weighted by Crippen LogP contribution is 2.23. The molecule has 118 valence electrons. The predicted octanol–water partition coefficient (Wildman–Crippen LogP) is 4.40. The second kappa shape index (κ2) is 7.03. The summed E-state index contributed by atoms with van der Waals surface area (Å²) in [5.74, 6) is 1.15. The van der Waals surface area contributed by atoms with Crippen molar-refractivity contribution in [1.82, 2.24) is 5.32 Å². The van der Waals surface area contributed by atoms with Crippen LogP contribution in [0, 0.1) is 11.3 Å². The Balaban J connectivity index is 1.63. The van der Waals surface area contributed by atoms with E-state index >= 15 is 0 Å². The summed E-state index contributed by atoms with van der Waals surface area (Å²) >= 11 is 5.87. The highest BCUT2D eigenvalue weighted by Gasteiger charge is 2.08. The van der Waals surface area contributed by atoms with Gasteiger partial charge in [-0.3, -0.25) is 4.79 Å². The first-order valence-corrected chi connectivity index (χ1v) is 7.66. The minimum atomic E-state index is -0.219. The third-order valence-corrected chi connectivity index (χ3v) is 3.74. The van der Waals surface area contributed by atoms with E-state index in [0.717, 1.165) is 5.56 Å². The van der Waals surface area contributed by atoms with Gasteiger partial charge in [0.05, 0.1) is 18.2 Å². The van der Waals surface area contributed by atoms with Gasteiger partial charge in [0, 0.05) is 16.1 Å². The molecule has 5 heteroatoms. The molecule has 0 aliphatic carbocycles. The number of hydrogen-bond acceptors (Lipinski definition) is 3. The van der Waals surface area contributed by atoms with Crippen molar-refractivity contribution in [3.05, 3.63) is 82.6 Å². The predicted molar refractivity (Wildman–Crippen MR) is 91.5 cm³/mol. The molecule has 1 heterocycles. The summed E-state index contributed by atoms with van der Waals surface area (Å²) in [5.41, 5.74) is 1.94. The summed E-state index contributed by atoms with van der Waals surface area (Å²) < 4.78 is 5.73. The Morgan fingerprint density at radius 3 is 2.42 bits per heavy atom. The Morgan fingerprint density at radius 1 is 1.04 bits per heavy atom. The molecule has 3 aromatic rings. The number of benzene rings is 2. The van der Waals surface area contributed by atoms with Gasteiger partial charge in [-0.25, -0.2) is 0 Å². The van der Waals surface area contributed by atoms with Crippen LogP contribution in [0.25, 0.3) is 11.3 Å². The molecular formula is C19H13ClN2O2. The molecule has 3 rings (SSSR count). The van der Waals surface area contributed by atoms with Crippen molar-refractivity contribution in [2.45, 2.75) is 6.54 Å². The van der Waals surface area contributed by atoms with Gasteiger partial charge in [0.25, 0.3) is 5.91 Å². The van der Waals surface area contributed by atoms with Crippen molar-refractivity contribution in [2.24, 2.45) is 0 Å². The highest BCUT2D eigenvalue weighted by atomic mass is 35.5. The maximum absolute atomic E-state index is 12.1. The SMILES string of the molecule is N#Cc1ccc(C(=O)NCc2ccc(-c3ccc(Cl)cc3)o2)cc1. The molecule has 1 amide bonds. The molecule has 0 unspecified atom stereocenters. The number of nitrogens with zero attached hydrogens (tertiary/aromatic N) is 1. The summed E-state index contributed by atoms with van der Waals surface area (Å²) in [7, 11) is 0. The van der Waals surface area contributed by atoms with E-state index in [1.54, 1.807) is 36.4 Å². The number of nitrogens with one attached hydrogen (secondary N) is 1. The quantitative estimate of drug-likeness (QED) is 0.767. The molecule has 0 saturated carbocycles. The molecule has 2 aromatic carbocycles. The van der Waals surface area contributed by atoms with Crippen molar-refractivity contribution in [2.75, 3.05) is 0 Å². The van der Waals surface area contributed by atoms with Crippen LogP contribution in [0.4, 0.5) is 0 Å². The monoisotopic (exact) mass is 336 g/mol. The van der Waals surface area contributed by atoms with Crippen molar-refractivity contribution in [3.63, 3.8) is 0 Å². The van der Waals surface area contributed by atoms with Crippen LogP contribution in [-0.2, 0) is 6.54 Å². The van der Waals surface area contributed by atoms with Gasteiger partial charge in [-0.15, -0.1) is 0 Å². The van der Waals surface area contributed by atoms with Crippen LogP contribution in [0.3, 0.4) is 0 Å². The number of furan rings is 1. The molecular weight excluding hydrogens is 324 g/mol. The lowest BCUT2D eigenvalue weighted by molar-refractivity contribution is 0.0948. The van der Waals surface area contributed by atoms with Gasteiger partial charge in [0.15, 0.2) is 0 Å². The lowest BCUT2D eigenvalue weighted by Crippen LogP contribution is -2.22. The van der Waals surface area contributed by atoms with Crippen molar-refractivity contribution >= 4 is 17.5 Å². The van der Waals surface area contributed by atoms with E-state index < -0.39 is 0 Å². The van der Waals surface area contributed by atoms with Gasteiger partial charge in [-0.1, -0.05) is 11.6 Å². The van der Waals surface area contributed by atoms with Gasteiger partial charge in [0.2, 0.25) is 0 Å². The van der Waals surface area contributed by atoms with Crippen LogP contribution in [0.5, 0.6) is 0 Å². The van der Waals surface area contributed by atoms with Crippen LogP contribution in [0.15, 0.2) is 65.1 Å². The summed E-state index contributed by atoms with van der Waals surface area (Å²) in [4.78, 5) is 12.1. The molecule has 4 nitrogen and oxygen atoms in total. The average Bonchev–Trinajstić information content (AvgIpc) is 3.09. The molecule has 24 heavy (non-hydrogen) atoms. The van der Waals surface area contributed by atoms with Crippen LogP contribution in [-0.4, -0.2) is 5.91 Å². The second-order valence-corrected chi connectivity index (χ2v) is 5.58. The molecule has 0 atom stereocenters. The Labute approximate surface area is 144 Å². The topological polar surface area (TPSA) is 66.0 Å². The fourth-order valence-electron chi connectivity index (χ4n) is 2.21. The summed E-state index contributed by atoms with van der Waals surface area (Å²) in [6.07, 6.45) is 0. The van der Waals surface area contributed by atoms with Crippen molar-refractivity contribution in [3.8, 4) is 17.4 Å². The third-order valence-electron chi connectivity index (χ3n) is 3.49. The lowest BCUT2D eigenvalue weighted by atomic mass is 10.1. The molecule has 0 saturated heterocycles. The number of rotatable bonds is 4. The summed E-state index contributed by atoms with van der Waals surface area (Å²) in [6, 6.07) is 19.5. The second-order valence-electron chi connectivity index (χ2n) is 5.14. The summed E-state index contributed by atoms with van der Waals surface area (Å²) in [6.45, 7) is 0.284. The first-order valence-electron chi connectivity index (χ1n) is 7.29. The normalized spacial score (nSPS) is 10.2. The van der Waals surface area contributed by atoms with Crippen LogP contribution < -0.4 is 5.32 Å². The molecule has 0 aliphatic rings. The van der Waals surface area contributed by atoms with E-state index in [4.69, 9.17) is 21.3 Å². The maximum atomic E-state index is 12.1. The van der Waals surface area contributed by atoms with Crippen LogP contribution in [0.2, 0.25) is 5.02 Å². The van der Waals surface area contributed by atoms with Gasteiger partial charge in [-0.05, 0) is 60.7 Å². The van der Waals surface area contributed by atoms with E-state index in [-0.39, 0.29) is 12.5 Å². The average molecular weight is 337 g/mol. The van der Waals surface area contributed by atoms with Crippen LogP contribution in [0.1, 0.15) is 21.7 Å². The first kappa shape index (κ1) is 15.9. The number of nitriles is 1. The van der Waals surface area contributed by atoms with Crippen molar-refractivity contribution in [1.29, 1.82) is 5.26 Å². The zero-order valence-electron chi connectivity index (χ0n) is 12.6.